The molecule has 2 aliphatic rings. The van der Waals surface area contributed by atoms with Crippen molar-refractivity contribution in [2.75, 3.05) is 19.4 Å². The van der Waals surface area contributed by atoms with Crippen molar-refractivity contribution in [2.24, 2.45) is 0 Å². The predicted octanol–water partition coefficient (Wildman–Crippen LogP) is 3.36. The van der Waals surface area contributed by atoms with Crippen molar-refractivity contribution < 1.29 is 27.8 Å². The van der Waals surface area contributed by atoms with Crippen LogP contribution in [0.15, 0.2) is 24.3 Å². The molecule has 9 heteroatoms. The summed E-state index contributed by atoms with van der Waals surface area (Å²) in [6, 6.07) is 6.47. The van der Waals surface area contributed by atoms with Gasteiger partial charge in [-0.15, -0.1) is 0 Å². The Balaban J connectivity index is 1.67. The Kier molecular flexibility index (Phi) is 7.73. The summed E-state index contributed by atoms with van der Waals surface area (Å²) < 4.78 is 38.4. The SMILES string of the molecule is CC(C)(C)OC(=O)N1CCC[C@H](NS(C)(=O)=O)[C@@H]1CO[C@@H]1CC[C@H](c2cccc(O)c2)C1. The summed E-state index contributed by atoms with van der Waals surface area (Å²) in [5, 5.41) is 9.76. The van der Waals surface area contributed by atoms with Crippen LogP contribution in [0, 0.1) is 0 Å². The molecule has 0 spiro atoms. The molecular formula is C23H36N2O6S. The normalized spacial score (nSPS) is 26.8. The van der Waals surface area contributed by atoms with Gasteiger partial charge in [0.25, 0.3) is 0 Å². The number of carbonyl (C=O) groups excluding carboxylic acids is 1. The van der Waals surface area contributed by atoms with E-state index in [-0.39, 0.29) is 18.5 Å². The molecule has 1 aliphatic heterocycles. The van der Waals surface area contributed by atoms with Gasteiger partial charge in [0.05, 0.1) is 25.0 Å². The number of piperidine rings is 1. The highest BCUT2D eigenvalue weighted by Crippen LogP contribution is 2.37. The van der Waals surface area contributed by atoms with E-state index in [0.717, 1.165) is 31.1 Å². The van der Waals surface area contributed by atoms with Gasteiger partial charge in [0.2, 0.25) is 10.0 Å². The van der Waals surface area contributed by atoms with Gasteiger partial charge in [-0.1, -0.05) is 12.1 Å². The molecule has 4 atom stereocenters. The van der Waals surface area contributed by atoms with Crippen LogP contribution in [0.4, 0.5) is 4.79 Å². The fourth-order valence-electron chi connectivity index (χ4n) is 4.63. The number of hydrogen-bond acceptors (Lipinski definition) is 6. The lowest BCUT2D eigenvalue weighted by atomic mass is 9.97. The molecule has 0 aromatic heterocycles. The van der Waals surface area contributed by atoms with Gasteiger partial charge in [0.1, 0.15) is 11.4 Å². The van der Waals surface area contributed by atoms with Gasteiger partial charge < -0.3 is 19.5 Å². The molecule has 3 rings (SSSR count). The van der Waals surface area contributed by atoms with Crippen LogP contribution in [0.2, 0.25) is 0 Å². The maximum Gasteiger partial charge on any atom is 0.410 e. The van der Waals surface area contributed by atoms with Crippen LogP contribution in [0.5, 0.6) is 5.75 Å². The topological polar surface area (TPSA) is 105 Å². The van der Waals surface area contributed by atoms with E-state index in [0.29, 0.717) is 25.3 Å². The van der Waals surface area contributed by atoms with Gasteiger partial charge in [0, 0.05) is 12.6 Å². The number of benzene rings is 1. The zero-order valence-electron chi connectivity index (χ0n) is 19.4. The van der Waals surface area contributed by atoms with Gasteiger partial charge in [-0.25, -0.2) is 17.9 Å². The van der Waals surface area contributed by atoms with Crippen LogP contribution >= 0.6 is 0 Å². The number of phenols is 1. The summed E-state index contributed by atoms with van der Waals surface area (Å²) in [5.74, 6) is 0.571. The first kappa shape index (κ1) is 24.8. The molecule has 0 bridgehead atoms. The van der Waals surface area contributed by atoms with Crippen molar-refractivity contribution in [2.45, 2.75) is 82.6 Å². The number of likely N-dealkylation sites (tertiary alicyclic amines) is 1. The number of ether oxygens (including phenoxy) is 2. The van der Waals surface area contributed by atoms with Crippen LogP contribution < -0.4 is 4.72 Å². The van der Waals surface area contributed by atoms with Crippen LogP contribution in [0.3, 0.4) is 0 Å². The fraction of sp³-hybridized carbons (Fsp3) is 0.696. The van der Waals surface area contributed by atoms with Crippen molar-refractivity contribution in [1.82, 2.24) is 9.62 Å². The average Bonchev–Trinajstić information content (AvgIpc) is 3.13. The summed E-state index contributed by atoms with van der Waals surface area (Å²) in [5.41, 5.74) is 0.459. The highest BCUT2D eigenvalue weighted by molar-refractivity contribution is 7.88. The summed E-state index contributed by atoms with van der Waals surface area (Å²) in [7, 11) is -3.44. The Morgan fingerprint density at radius 1 is 1.25 bits per heavy atom. The van der Waals surface area contributed by atoms with Crippen molar-refractivity contribution >= 4 is 16.1 Å². The number of carbonyl (C=O) groups is 1. The lowest BCUT2D eigenvalue weighted by molar-refractivity contribution is -0.0292. The first-order chi connectivity index (χ1) is 14.9. The summed E-state index contributed by atoms with van der Waals surface area (Å²) >= 11 is 0. The Bertz CT molecular complexity index is 898. The average molecular weight is 469 g/mol. The molecule has 1 heterocycles. The number of rotatable bonds is 6. The predicted molar refractivity (Wildman–Crippen MR) is 122 cm³/mol. The van der Waals surface area contributed by atoms with E-state index in [1.54, 1.807) is 17.0 Å². The molecule has 1 amide bonds. The fourth-order valence-corrected chi connectivity index (χ4v) is 5.46. The molecule has 0 unspecified atom stereocenters. The number of hydrogen-bond donors (Lipinski definition) is 2. The molecule has 2 N–H and O–H groups in total. The van der Waals surface area contributed by atoms with Crippen LogP contribution in [-0.4, -0.2) is 67.7 Å². The molecule has 1 saturated carbocycles. The van der Waals surface area contributed by atoms with Gasteiger partial charge in [-0.2, -0.15) is 0 Å². The third-order valence-corrected chi connectivity index (χ3v) is 6.73. The number of sulfonamides is 1. The van der Waals surface area contributed by atoms with Crippen LogP contribution in [0.1, 0.15) is 64.4 Å². The van der Waals surface area contributed by atoms with Crippen LogP contribution in [-0.2, 0) is 19.5 Å². The first-order valence-electron chi connectivity index (χ1n) is 11.3. The molecule has 2 fully saturated rings. The number of nitrogens with zero attached hydrogens (tertiary/aromatic N) is 1. The molecule has 1 aromatic rings. The molecule has 1 aromatic carbocycles. The van der Waals surface area contributed by atoms with E-state index < -0.39 is 33.8 Å². The third kappa shape index (κ3) is 7.08. The summed E-state index contributed by atoms with van der Waals surface area (Å²) in [4.78, 5) is 14.5. The maximum atomic E-state index is 12.8. The van der Waals surface area contributed by atoms with E-state index in [1.807, 2.05) is 32.9 Å². The zero-order chi connectivity index (χ0) is 23.5. The van der Waals surface area contributed by atoms with E-state index in [1.165, 1.54) is 0 Å². The highest BCUT2D eigenvalue weighted by Gasteiger charge is 2.39. The van der Waals surface area contributed by atoms with Gasteiger partial charge in [-0.05, 0) is 76.5 Å². The van der Waals surface area contributed by atoms with Crippen molar-refractivity contribution in [1.29, 1.82) is 0 Å². The quantitative estimate of drug-likeness (QED) is 0.663. The van der Waals surface area contributed by atoms with Crippen molar-refractivity contribution in [3.63, 3.8) is 0 Å². The van der Waals surface area contributed by atoms with Crippen molar-refractivity contribution in [3.05, 3.63) is 29.8 Å². The van der Waals surface area contributed by atoms with E-state index >= 15 is 0 Å². The van der Waals surface area contributed by atoms with Gasteiger partial charge in [-0.3, -0.25) is 0 Å². The largest absolute Gasteiger partial charge is 0.508 e. The second kappa shape index (κ2) is 9.97. The molecular weight excluding hydrogens is 432 g/mol. The van der Waals surface area contributed by atoms with Crippen molar-refractivity contribution in [3.8, 4) is 5.75 Å². The van der Waals surface area contributed by atoms with E-state index in [9.17, 15) is 18.3 Å². The molecule has 180 valence electrons. The molecule has 0 radical (unpaired) electrons. The van der Waals surface area contributed by atoms with E-state index in [4.69, 9.17) is 9.47 Å². The molecule has 32 heavy (non-hydrogen) atoms. The lowest BCUT2D eigenvalue weighted by Gasteiger charge is -2.41. The lowest BCUT2D eigenvalue weighted by Crippen LogP contribution is -2.59. The minimum Gasteiger partial charge on any atom is -0.508 e. The van der Waals surface area contributed by atoms with Gasteiger partial charge >= 0.3 is 6.09 Å². The molecule has 1 aliphatic carbocycles. The Morgan fingerprint density at radius 3 is 2.66 bits per heavy atom. The minimum atomic E-state index is -3.44. The second-order valence-corrected chi connectivity index (χ2v) is 11.7. The summed E-state index contributed by atoms with van der Waals surface area (Å²) in [6.07, 6.45) is 4.69. The number of amides is 1. The second-order valence-electron chi connectivity index (χ2n) is 9.94. The number of aromatic hydroxyl groups is 1. The highest BCUT2D eigenvalue weighted by atomic mass is 32.2. The standard InChI is InChI=1S/C23H36N2O6S/c1-23(2,3)31-22(27)25-12-6-9-20(24-32(4,28)29)21(25)15-30-19-11-10-17(14-19)16-7-5-8-18(26)13-16/h5,7-8,13,17,19-21,24,26H,6,9-12,14-15H2,1-4H3/t17-,19+,20-,21-/m0/s1. The molecule has 1 saturated heterocycles. The monoisotopic (exact) mass is 468 g/mol. The third-order valence-electron chi connectivity index (χ3n) is 6.00. The maximum absolute atomic E-state index is 12.8. The van der Waals surface area contributed by atoms with Gasteiger partial charge in [0.15, 0.2) is 0 Å². The van der Waals surface area contributed by atoms with Crippen LogP contribution in [0.25, 0.3) is 0 Å². The summed E-state index contributed by atoms with van der Waals surface area (Å²) in [6.45, 7) is 6.18. The number of nitrogens with one attached hydrogen (secondary N) is 1. The Hall–Kier alpha value is -1.84. The molecule has 8 nitrogen and oxygen atoms in total. The number of phenolic OH excluding ortho intramolecular Hbond substituents is 1. The first-order valence-corrected chi connectivity index (χ1v) is 13.2. The Labute approximate surface area is 191 Å². The Morgan fingerprint density at radius 2 is 2.00 bits per heavy atom. The van der Waals surface area contributed by atoms with E-state index in [2.05, 4.69) is 4.72 Å². The minimum absolute atomic E-state index is 0.0173. The smallest absolute Gasteiger partial charge is 0.410 e. The zero-order valence-corrected chi connectivity index (χ0v) is 20.2.